The van der Waals surface area contributed by atoms with Gasteiger partial charge in [0.1, 0.15) is 11.9 Å². The highest BCUT2D eigenvalue weighted by atomic mass is 16.5. The van der Waals surface area contributed by atoms with Gasteiger partial charge in [-0.25, -0.2) is 0 Å². The molecule has 128 valence electrons. The minimum atomic E-state index is -1.19. The highest BCUT2D eigenvalue weighted by molar-refractivity contribution is 5.94. The van der Waals surface area contributed by atoms with Crippen molar-refractivity contribution in [2.45, 2.75) is 57.6 Å². The molecule has 0 aromatic heterocycles. The minimum absolute atomic E-state index is 0.459. The van der Waals surface area contributed by atoms with Crippen LogP contribution in [0.5, 0.6) is 5.75 Å². The third-order valence-electron chi connectivity index (χ3n) is 4.68. The fourth-order valence-electron chi connectivity index (χ4n) is 3.25. The number of nitrogens with two attached hydrogens (primary N) is 1. The fraction of sp³-hybridized carbons (Fsp3) is 0.611. The summed E-state index contributed by atoms with van der Waals surface area (Å²) in [6.45, 7) is 1.93. The predicted molar refractivity (Wildman–Crippen MR) is 91.5 cm³/mol. The Balaban J connectivity index is 1.90. The minimum Gasteiger partial charge on any atom is -0.496 e. The van der Waals surface area contributed by atoms with E-state index in [2.05, 4.69) is 5.32 Å². The Morgan fingerprint density at radius 1 is 1.39 bits per heavy atom. The molecule has 2 rings (SSSR count). The number of nitrogens with one attached hydrogen (secondary N) is 1. The van der Waals surface area contributed by atoms with Crippen LogP contribution in [0.4, 0.5) is 5.69 Å². The molecule has 1 aromatic carbocycles. The number of hydrogen-bond donors (Lipinski definition) is 3. The molecule has 1 aliphatic rings. The smallest absolute Gasteiger partial charge is 0.254 e. The van der Waals surface area contributed by atoms with Crippen molar-refractivity contribution < 1.29 is 14.6 Å². The van der Waals surface area contributed by atoms with Crippen molar-refractivity contribution in [2.75, 3.05) is 12.4 Å². The molecule has 2 unspecified atom stereocenters. The van der Waals surface area contributed by atoms with Crippen molar-refractivity contribution in [3.05, 3.63) is 23.8 Å². The second-order valence-corrected chi connectivity index (χ2v) is 6.52. The van der Waals surface area contributed by atoms with Crippen LogP contribution in [-0.2, 0) is 4.79 Å². The lowest BCUT2D eigenvalue weighted by atomic mass is 9.84. The largest absolute Gasteiger partial charge is 0.496 e. The molecule has 1 saturated carbocycles. The first kappa shape index (κ1) is 17.8. The van der Waals surface area contributed by atoms with Gasteiger partial charge in [-0.05, 0) is 30.9 Å². The molecule has 2 atom stereocenters. The summed E-state index contributed by atoms with van der Waals surface area (Å²) in [6, 6.07) is 4.87. The van der Waals surface area contributed by atoms with E-state index in [1.807, 2.05) is 13.0 Å². The molecule has 1 aromatic rings. The topological polar surface area (TPSA) is 84.6 Å². The van der Waals surface area contributed by atoms with Crippen molar-refractivity contribution in [1.29, 1.82) is 0 Å². The Bertz CT molecular complexity index is 527. The first-order valence-corrected chi connectivity index (χ1v) is 8.40. The quantitative estimate of drug-likeness (QED) is 0.752. The van der Waals surface area contributed by atoms with Gasteiger partial charge in [0.15, 0.2) is 0 Å². The molecule has 0 heterocycles. The Kier molecular flexibility index (Phi) is 6.42. The second-order valence-electron chi connectivity index (χ2n) is 6.52. The van der Waals surface area contributed by atoms with E-state index in [0.29, 0.717) is 23.8 Å². The van der Waals surface area contributed by atoms with Gasteiger partial charge in [0.05, 0.1) is 7.11 Å². The van der Waals surface area contributed by atoms with Crippen LogP contribution >= 0.6 is 0 Å². The SMILES string of the molecule is COc1cc(NC(=O)C(O)C(N)CC2CCCCC2)ccc1C. The molecule has 1 fully saturated rings. The molecule has 5 nitrogen and oxygen atoms in total. The lowest BCUT2D eigenvalue weighted by Crippen LogP contribution is -2.44. The number of rotatable bonds is 6. The zero-order valence-corrected chi connectivity index (χ0v) is 14.0. The molecule has 0 bridgehead atoms. The number of hydrogen-bond acceptors (Lipinski definition) is 4. The van der Waals surface area contributed by atoms with Crippen LogP contribution in [0.25, 0.3) is 0 Å². The van der Waals surface area contributed by atoms with E-state index >= 15 is 0 Å². The van der Waals surface area contributed by atoms with Crippen LogP contribution in [0.3, 0.4) is 0 Å². The van der Waals surface area contributed by atoms with Gasteiger partial charge in [0.2, 0.25) is 0 Å². The van der Waals surface area contributed by atoms with Gasteiger partial charge in [-0.2, -0.15) is 0 Å². The maximum atomic E-state index is 12.2. The van der Waals surface area contributed by atoms with E-state index in [1.165, 1.54) is 19.3 Å². The lowest BCUT2D eigenvalue weighted by molar-refractivity contribution is -0.125. The molecule has 5 heteroatoms. The molecule has 0 radical (unpaired) electrons. The Morgan fingerprint density at radius 2 is 2.09 bits per heavy atom. The van der Waals surface area contributed by atoms with E-state index in [4.69, 9.17) is 10.5 Å². The Morgan fingerprint density at radius 3 is 2.74 bits per heavy atom. The number of amides is 1. The van der Waals surface area contributed by atoms with Crippen LogP contribution in [0.2, 0.25) is 0 Å². The molecule has 1 aliphatic carbocycles. The number of carbonyl (C=O) groups is 1. The number of benzene rings is 1. The zero-order valence-electron chi connectivity index (χ0n) is 14.0. The lowest BCUT2D eigenvalue weighted by Gasteiger charge is -2.26. The van der Waals surface area contributed by atoms with Crippen LogP contribution in [0, 0.1) is 12.8 Å². The molecule has 0 saturated heterocycles. The second kappa shape index (κ2) is 8.31. The van der Waals surface area contributed by atoms with Gasteiger partial charge in [-0.15, -0.1) is 0 Å². The van der Waals surface area contributed by atoms with Crippen molar-refractivity contribution in [3.8, 4) is 5.75 Å². The average molecular weight is 320 g/mol. The zero-order chi connectivity index (χ0) is 16.8. The number of ether oxygens (including phenoxy) is 1. The Hall–Kier alpha value is -1.59. The highest BCUT2D eigenvalue weighted by Crippen LogP contribution is 2.28. The van der Waals surface area contributed by atoms with Gasteiger partial charge in [0.25, 0.3) is 5.91 Å². The van der Waals surface area contributed by atoms with E-state index < -0.39 is 18.1 Å². The highest BCUT2D eigenvalue weighted by Gasteiger charge is 2.26. The summed E-state index contributed by atoms with van der Waals surface area (Å²) >= 11 is 0. The normalized spacial score (nSPS) is 18.3. The van der Waals surface area contributed by atoms with Crippen molar-refractivity contribution in [3.63, 3.8) is 0 Å². The van der Waals surface area contributed by atoms with Crippen LogP contribution < -0.4 is 15.8 Å². The summed E-state index contributed by atoms with van der Waals surface area (Å²) < 4.78 is 5.24. The summed E-state index contributed by atoms with van der Waals surface area (Å²) in [4.78, 5) is 12.2. The molecule has 1 amide bonds. The van der Waals surface area contributed by atoms with Gasteiger partial charge in [0, 0.05) is 17.8 Å². The number of carbonyl (C=O) groups excluding carboxylic acids is 1. The van der Waals surface area contributed by atoms with Gasteiger partial charge < -0.3 is 20.9 Å². The van der Waals surface area contributed by atoms with Crippen LogP contribution in [0.15, 0.2) is 18.2 Å². The number of anilines is 1. The van der Waals surface area contributed by atoms with Crippen LogP contribution in [0.1, 0.15) is 44.1 Å². The van der Waals surface area contributed by atoms with Crippen molar-refractivity contribution in [1.82, 2.24) is 0 Å². The maximum absolute atomic E-state index is 12.2. The summed E-state index contributed by atoms with van der Waals surface area (Å²) in [5.41, 5.74) is 7.63. The summed E-state index contributed by atoms with van der Waals surface area (Å²) in [6.07, 6.45) is 5.54. The van der Waals surface area contributed by atoms with E-state index in [9.17, 15) is 9.90 Å². The third-order valence-corrected chi connectivity index (χ3v) is 4.68. The molecule has 4 N–H and O–H groups in total. The monoisotopic (exact) mass is 320 g/mol. The maximum Gasteiger partial charge on any atom is 0.254 e. The van der Waals surface area contributed by atoms with Gasteiger partial charge in [-0.3, -0.25) is 4.79 Å². The number of aryl methyl sites for hydroxylation is 1. The van der Waals surface area contributed by atoms with Crippen molar-refractivity contribution in [2.24, 2.45) is 11.7 Å². The summed E-state index contributed by atoms with van der Waals surface area (Å²) in [5, 5.41) is 12.9. The first-order valence-electron chi connectivity index (χ1n) is 8.40. The number of aliphatic hydroxyl groups is 1. The number of aliphatic hydroxyl groups excluding tert-OH is 1. The summed E-state index contributed by atoms with van der Waals surface area (Å²) in [5.74, 6) is 0.767. The predicted octanol–water partition coefficient (Wildman–Crippen LogP) is 2.60. The first-order chi connectivity index (χ1) is 11.0. The van der Waals surface area contributed by atoms with E-state index in [0.717, 1.165) is 18.4 Å². The Labute approximate surface area is 138 Å². The fourth-order valence-corrected chi connectivity index (χ4v) is 3.25. The molecular weight excluding hydrogens is 292 g/mol. The van der Waals surface area contributed by atoms with E-state index in [-0.39, 0.29) is 0 Å². The van der Waals surface area contributed by atoms with Gasteiger partial charge in [-0.1, -0.05) is 38.2 Å². The molecular formula is C18H28N2O3. The molecule has 23 heavy (non-hydrogen) atoms. The average Bonchev–Trinajstić information content (AvgIpc) is 2.56. The molecule has 0 spiro atoms. The van der Waals surface area contributed by atoms with Crippen LogP contribution in [-0.4, -0.2) is 30.3 Å². The molecule has 0 aliphatic heterocycles. The summed E-state index contributed by atoms with van der Waals surface area (Å²) in [7, 11) is 1.59. The third kappa shape index (κ3) is 4.94. The van der Waals surface area contributed by atoms with E-state index in [1.54, 1.807) is 19.2 Å². The van der Waals surface area contributed by atoms with Gasteiger partial charge >= 0.3 is 0 Å². The standard InChI is InChI=1S/C18H28N2O3/c1-12-8-9-14(11-16(12)23-2)20-18(22)17(21)15(19)10-13-6-4-3-5-7-13/h8-9,11,13,15,17,21H,3-7,10,19H2,1-2H3,(H,20,22). The van der Waals surface area contributed by atoms with Crippen molar-refractivity contribution >= 4 is 11.6 Å². The number of methoxy groups -OCH3 is 1.